The van der Waals surface area contributed by atoms with Gasteiger partial charge in [-0.1, -0.05) is 29.8 Å². The molecule has 1 saturated heterocycles. The SMILES string of the molecule is COCCN(CC(=O)N1CC(=O)N(c2cccc(C)c2)C1)C(=O)c1ccc(C)cc1. The summed E-state index contributed by atoms with van der Waals surface area (Å²) in [5.74, 6) is -0.640. The third-order valence-corrected chi connectivity index (χ3v) is 5.08. The molecule has 158 valence electrons. The number of benzene rings is 2. The summed E-state index contributed by atoms with van der Waals surface area (Å²) in [4.78, 5) is 42.8. The number of nitrogens with zero attached hydrogens (tertiary/aromatic N) is 3. The maximum absolute atomic E-state index is 12.9. The normalized spacial score (nSPS) is 13.6. The lowest BCUT2D eigenvalue weighted by Crippen LogP contribution is -2.44. The lowest BCUT2D eigenvalue weighted by atomic mass is 10.1. The highest BCUT2D eigenvalue weighted by Gasteiger charge is 2.33. The molecular weight excluding hydrogens is 382 g/mol. The van der Waals surface area contributed by atoms with Crippen molar-refractivity contribution in [3.8, 4) is 0 Å². The van der Waals surface area contributed by atoms with Crippen LogP contribution in [0.4, 0.5) is 5.69 Å². The van der Waals surface area contributed by atoms with Gasteiger partial charge in [0.05, 0.1) is 6.61 Å². The van der Waals surface area contributed by atoms with Gasteiger partial charge >= 0.3 is 0 Å². The number of hydrogen-bond acceptors (Lipinski definition) is 4. The van der Waals surface area contributed by atoms with Crippen molar-refractivity contribution in [2.75, 3.05) is 44.9 Å². The average molecular weight is 409 g/mol. The maximum atomic E-state index is 12.9. The fourth-order valence-electron chi connectivity index (χ4n) is 3.33. The summed E-state index contributed by atoms with van der Waals surface area (Å²) >= 11 is 0. The lowest BCUT2D eigenvalue weighted by molar-refractivity contribution is -0.132. The zero-order valence-corrected chi connectivity index (χ0v) is 17.6. The molecule has 0 atom stereocenters. The summed E-state index contributed by atoms with van der Waals surface area (Å²) in [6, 6.07) is 14.8. The topological polar surface area (TPSA) is 70.2 Å². The van der Waals surface area contributed by atoms with Crippen molar-refractivity contribution in [1.29, 1.82) is 0 Å². The van der Waals surface area contributed by atoms with E-state index < -0.39 is 0 Å². The Morgan fingerprint density at radius 1 is 1.07 bits per heavy atom. The summed E-state index contributed by atoms with van der Waals surface area (Å²) in [5.41, 5.74) is 3.38. The predicted molar refractivity (Wildman–Crippen MR) is 114 cm³/mol. The van der Waals surface area contributed by atoms with E-state index in [1.807, 2.05) is 50.2 Å². The van der Waals surface area contributed by atoms with Crippen LogP contribution >= 0.6 is 0 Å². The number of methoxy groups -OCH3 is 1. The molecule has 2 aromatic rings. The average Bonchev–Trinajstić information content (AvgIpc) is 3.13. The Hall–Kier alpha value is -3.19. The van der Waals surface area contributed by atoms with Gasteiger partial charge in [0.15, 0.2) is 0 Å². The molecular formula is C23H27N3O4. The molecule has 0 radical (unpaired) electrons. The molecule has 30 heavy (non-hydrogen) atoms. The van der Waals surface area contributed by atoms with Gasteiger partial charge in [-0.25, -0.2) is 0 Å². The molecule has 0 saturated carbocycles. The minimum Gasteiger partial charge on any atom is -0.383 e. The van der Waals surface area contributed by atoms with Gasteiger partial charge in [-0.15, -0.1) is 0 Å². The lowest BCUT2D eigenvalue weighted by Gasteiger charge is -2.25. The molecule has 7 heteroatoms. The van der Waals surface area contributed by atoms with E-state index in [1.165, 1.54) is 9.80 Å². The van der Waals surface area contributed by atoms with Gasteiger partial charge in [-0.3, -0.25) is 19.3 Å². The first kappa shape index (κ1) is 21.5. The second kappa shape index (κ2) is 9.54. The van der Waals surface area contributed by atoms with E-state index in [0.29, 0.717) is 18.7 Å². The Bertz CT molecular complexity index is 926. The quantitative estimate of drug-likeness (QED) is 0.703. The number of anilines is 1. The van der Waals surface area contributed by atoms with Gasteiger partial charge in [0, 0.05) is 24.9 Å². The van der Waals surface area contributed by atoms with Crippen molar-refractivity contribution in [3.63, 3.8) is 0 Å². The molecule has 2 aromatic carbocycles. The highest BCUT2D eigenvalue weighted by molar-refractivity contribution is 6.01. The Balaban J connectivity index is 1.70. The van der Waals surface area contributed by atoms with Gasteiger partial charge in [-0.2, -0.15) is 0 Å². The molecule has 7 nitrogen and oxygen atoms in total. The predicted octanol–water partition coefficient (Wildman–Crippen LogP) is 2.22. The Labute approximate surface area is 176 Å². The van der Waals surface area contributed by atoms with Crippen molar-refractivity contribution in [2.45, 2.75) is 13.8 Å². The number of ether oxygens (including phenoxy) is 1. The third-order valence-electron chi connectivity index (χ3n) is 5.08. The Morgan fingerprint density at radius 3 is 2.47 bits per heavy atom. The van der Waals surface area contributed by atoms with Crippen LogP contribution < -0.4 is 4.90 Å². The van der Waals surface area contributed by atoms with Crippen molar-refractivity contribution in [3.05, 3.63) is 65.2 Å². The van der Waals surface area contributed by atoms with Crippen LogP contribution in [0, 0.1) is 13.8 Å². The maximum Gasteiger partial charge on any atom is 0.254 e. The summed E-state index contributed by atoms with van der Waals surface area (Å²) in [6.45, 7) is 4.59. The van der Waals surface area contributed by atoms with Crippen molar-refractivity contribution < 1.29 is 19.1 Å². The van der Waals surface area contributed by atoms with Crippen LogP contribution in [0.25, 0.3) is 0 Å². The number of amides is 3. The molecule has 1 aliphatic rings. The third kappa shape index (κ3) is 5.04. The number of hydrogen-bond donors (Lipinski definition) is 0. The molecule has 1 aliphatic heterocycles. The highest BCUT2D eigenvalue weighted by Crippen LogP contribution is 2.21. The first-order valence-electron chi connectivity index (χ1n) is 9.88. The first-order valence-corrected chi connectivity index (χ1v) is 9.88. The fourth-order valence-corrected chi connectivity index (χ4v) is 3.33. The van der Waals surface area contributed by atoms with Gasteiger partial charge < -0.3 is 14.5 Å². The van der Waals surface area contributed by atoms with Crippen molar-refractivity contribution in [1.82, 2.24) is 9.80 Å². The first-order chi connectivity index (χ1) is 14.4. The van der Waals surface area contributed by atoms with Crippen molar-refractivity contribution in [2.24, 2.45) is 0 Å². The van der Waals surface area contributed by atoms with E-state index in [-0.39, 0.29) is 37.5 Å². The second-order valence-corrected chi connectivity index (χ2v) is 7.48. The summed E-state index contributed by atoms with van der Waals surface area (Å²) in [5, 5.41) is 0. The number of carbonyl (C=O) groups excluding carboxylic acids is 3. The minimum atomic E-state index is -0.268. The molecule has 0 spiro atoms. The molecule has 1 fully saturated rings. The Morgan fingerprint density at radius 2 is 1.80 bits per heavy atom. The van der Waals surface area contributed by atoms with Gasteiger partial charge in [0.1, 0.15) is 19.8 Å². The molecule has 1 heterocycles. The number of carbonyl (C=O) groups is 3. The smallest absolute Gasteiger partial charge is 0.254 e. The molecule has 0 unspecified atom stereocenters. The molecule has 0 bridgehead atoms. The molecule has 0 N–H and O–H groups in total. The Kier molecular flexibility index (Phi) is 6.84. The van der Waals surface area contributed by atoms with Gasteiger partial charge in [0.25, 0.3) is 5.91 Å². The highest BCUT2D eigenvalue weighted by atomic mass is 16.5. The number of aryl methyl sites for hydroxylation is 2. The van der Waals surface area contributed by atoms with Crippen LogP contribution in [0.1, 0.15) is 21.5 Å². The van der Waals surface area contributed by atoms with E-state index >= 15 is 0 Å². The van der Waals surface area contributed by atoms with E-state index in [4.69, 9.17) is 4.74 Å². The van der Waals surface area contributed by atoms with Crippen LogP contribution in [0.15, 0.2) is 48.5 Å². The summed E-state index contributed by atoms with van der Waals surface area (Å²) < 4.78 is 5.11. The monoisotopic (exact) mass is 409 g/mol. The zero-order valence-electron chi connectivity index (χ0n) is 17.6. The fraction of sp³-hybridized carbons (Fsp3) is 0.348. The molecule has 0 aliphatic carbocycles. The molecule has 3 rings (SSSR count). The van der Waals surface area contributed by atoms with Crippen LogP contribution in [0.5, 0.6) is 0 Å². The van der Waals surface area contributed by atoms with Crippen LogP contribution in [0.3, 0.4) is 0 Å². The van der Waals surface area contributed by atoms with Gasteiger partial charge in [0.2, 0.25) is 11.8 Å². The van der Waals surface area contributed by atoms with E-state index in [0.717, 1.165) is 16.8 Å². The van der Waals surface area contributed by atoms with E-state index in [9.17, 15) is 14.4 Å². The zero-order chi connectivity index (χ0) is 21.7. The van der Waals surface area contributed by atoms with Gasteiger partial charge in [-0.05, 0) is 43.7 Å². The summed E-state index contributed by atoms with van der Waals surface area (Å²) in [6.07, 6.45) is 0. The number of rotatable bonds is 7. The molecule has 3 amide bonds. The van der Waals surface area contributed by atoms with Crippen LogP contribution in [0.2, 0.25) is 0 Å². The van der Waals surface area contributed by atoms with Crippen LogP contribution in [-0.2, 0) is 14.3 Å². The van der Waals surface area contributed by atoms with E-state index in [2.05, 4.69) is 0 Å². The largest absolute Gasteiger partial charge is 0.383 e. The summed E-state index contributed by atoms with van der Waals surface area (Å²) in [7, 11) is 1.55. The van der Waals surface area contributed by atoms with E-state index in [1.54, 1.807) is 24.1 Å². The van der Waals surface area contributed by atoms with Crippen molar-refractivity contribution >= 4 is 23.4 Å². The van der Waals surface area contributed by atoms with Crippen LogP contribution in [-0.4, -0.2) is 67.5 Å². The molecule has 0 aromatic heterocycles. The standard InChI is InChI=1S/C23H27N3O4/c1-17-7-9-19(10-8-17)23(29)24(11-12-30-3)14-21(27)25-15-22(28)26(16-25)20-6-4-5-18(2)13-20/h4-10,13H,11-12,14-16H2,1-3H3. The minimum absolute atomic E-state index is 0.00359. The second-order valence-electron chi connectivity index (χ2n) is 7.48.